The minimum absolute atomic E-state index is 0.437. The molecule has 4 heteroatoms. The van der Waals surface area contributed by atoms with Gasteiger partial charge in [-0.05, 0) is 35.9 Å². The molecule has 2 aromatic carbocycles. The van der Waals surface area contributed by atoms with Crippen LogP contribution in [0.2, 0.25) is 0 Å². The first-order valence-corrected chi connectivity index (χ1v) is 5.75. The van der Waals surface area contributed by atoms with Gasteiger partial charge in [0.05, 0.1) is 11.6 Å². The highest BCUT2D eigenvalue weighted by Gasteiger charge is 2.06. The fraction of sp³-hybridized carbons (Fsp3) is 0.133. The largest absolute Gasteiger partial charge is 0.370 e. The molecule has 0 aliphatic heterocycles. The molecule has 0 saturated carbocycles. The van der Waals surface area contributed by atoms with Crippen LogP contribution in [0.25, 0.3) is 0 Å². The van der Waals surface area contributed by atoms with Crippen molar-refractivity contribution < 1.29 is 8.78 Å². The van der Waals surface area contributed by atoms with Gasteiger partial charge in [-0.3, -0.25) is 0 Å². The Hall–Kier alpha value is -2.41. The first-order valence-electron chi connectivity index (χ1n) is 5.75. The molecule has 0 aliphatic rings. The van der Waals surface area contributed by atoms with Crippen molar-refractivity contribution in [3.63, 3.8) is 0 Å². The third kappa shape index (κ3) is 3.08. The third-order valence-corrected chi connectivity index (χ3v) is 2.82. The average Bonchev–Trinajstić information content (AvgIpc) is 2.43. The lowest BCUT2D eigenvalue weighted by atomic mass is 10.1. The van der Waals surface area contributed by atoms with Crippen molar-refractivity contribution in [3.05, 3.63) is 65.2 Å². The Bertz CT molecular complexity index is 632. The number of nitrogens with zero attached hydrogens (tertiary/aromatic N) is 2. The van der Waals surface area contributed by atoms with E-state index < -0.39 is 11.6 Å². The minimum atomic E-state index is -0.850. The predicted octanol–water partition coefficient (Wildman–Crippen LogP) is 3.47. The number of anilines is 1. The van der Waals surface area contributed by atoms with Crippen molar-refractivity contribution >= 4 is 5.69 Å². The number of hydrogen-bond acceptors (Lipinski definition) is 2. The summed E-state index contributed by atoms with van der Waals surface area (Å²) in [7, 11) is 1.83. The average molecular weight is 258 g/mol. The molecule has 19 heavy (non-hydrogen) atoms. The lowest BCUT2D eigenvalue weighted by molar-refractivity contribution is 0.507. The van der Waals surface area contributed by atoms with Crippen molar-refractivity contribution in [1.29, 1.82) is 5.26 Å². The minimum Gasteiger partial charge on any atom is -0.370 e. The van der Waals surface area contributed by atoms with Crippen LogP contribution >= 0.6 is 0 Å². The Labute approximate surface area is 110 Å². The summed E-state index contributed by atoms with van der Waals surface area (Å²) in [5.74, 6) is -1.70. The molecule has 0 atom stereocenters. The quantitative estimate of drug-likeness (QED) is 0.842. The van der Waals surface area contributed by atoms with Gasteiger partial charge in [-0.1, -0.05) is 12.1 Å². The van der Waals surface area contributed by atoms with Gasteiger partial charge in [0.25, 0.3) is 0 Å². The van der Waals surface area contributed by atoms with Gasteiger partial charge in [-0.15, -0.1) is 0 Å². The van der Waals surface area contributed by atoms with E-state index in [2.05, 4.69) is 6.07 Å². The molecule has 96 valence electrons. The highest BCUT2D eigenvalue weighted by atomic mass is 19.2. The Balaban J connectivity index is 2.18. The SMILES string of the molecule is CN(Cc1ccc(F)c(F)c1)c1cccc(C#N)c1. The van der Waals surface area contributed by atoms with E-state index >= 15 is 0 Å². The normalized spacial score (nSPS) is 10.0. The van der Waals surface area contributed by atoms with Crippen molar-refractivity contribution in [2.24, 2.45) is 0 Å². The fourth-order valence-electron chi connectivity index (χ4n) is 1.82. The van der Waals surface area contributed by atoms with Gasteiger partial charge in [0.2, 0.25) is 0 Å². The zero-order chi connectivity index (χ0) is 13.8. The van der Waals surface area contributed by atoms with Crippen LogP contribution in [-0.4, -0.2) is 7.05 Å². The highest BCUT2D eigenvalue weighted by Crippen LogP contribution is 2.18. The number of hydrogen-bond donors (Lipinski definition) is 0. The van der Waals surface area contributed by atoms with E-state index in [1.54, 1.807) is 24.3 Å². The Morgan fingerprint density at radius 2 is 1.89 bits per heavy atom. The summed E-state index contributed by atoms with van der Waals surface area (Å²) in [5.41, 5.74) is 2.09. The number of nitriles is 1. The Morgan fingerprint density at radius 3 is 2.58 bits per heavy atom. The van der Waals surface area contributed by atoms with Crippen LogP contribution < -0.4 is 4.90 Å². The fourth-order valence-corrected chi connectivity index (χ4v) is 1.82. The number of halogens is 2. The topological polar surface area (TPSA) is 27.0 Å². The van der Waals surface area contributed by atoms with Gasteiger partial charge < -0.3 is 4.90 Å². The molecule has 0 fully saturated rings. The molecule has 0 N–H and O–H groups in total. The first-order chi connectivity index (χ1) is 9.10. The molecule has 0 heterocycles. The second-order valence-corrected chi connectivity index (χ2v) is 4.27. The number of rotatable bonds is 3. The van der Waals surface area contributed by atoms with E-state index in [4.69, 9.17) is 5.26 Å². The molecule has 0 aromatic heterocycles. The molecular weight excluding hydrogens is 246 g/mol. The molecule has 0 spiro atoms. The second kappa shape index (κ2) is 5.49. The van der Waals surface area contributed by atoms with Gasteiger partial charge in [0.1, 0.15) is 0 Å². The van der Waals surface area contributed by atoms with Gasteiger partial charge in [-0.2, -0.15) is 5.26 Å². The Morgan fingerprint density at radius 1 is 1.11 bits per heavy atom. The summed E-state index contributed by atoms with van der Waals surface area (Å²) in [6.45, 7) is 0.437. The maximum atomic E-state index is 13.1. The van der Waals surface area contributed by atoms with Crippen LogP contribution in [0.1, 0.15) is 11.1 Å². The maximum Gasteiger partial charge on any atom is 0.159 e. The summed E-state index contributed by atoms with van der Waals surface area (Å²) in [5, 5.41) is 8.84. The van der Waals surface area contributed by atoms with Crippen molar-refractivity contribution in [3.8, 4) is 6.07 Å². The van der Waals surface area contributed by atoms with Crippen molar-refractivity contribution in [1.82, 2.24) is 0 Å². The summed E-state index contributed by atoms with van der Waals surface area (Å²) in [6, 6.07) is 13.0. The van der Waals surface area contributed by atoms with Gasteiger partial charge in [0.15, 0.2) is 11.6 Å². The van der Waals surface area contributed by atoms with Crippen molar-refractivity contribution in [2.45, 2.75) is 6.54 Å². The summed E-state index contributed by atoms with van der Waals surface area (Å²) in [6.07, 6.45) is 0. The van der Waals surface area contributed by atoms with Crippen LogP contribution in [-0.2, 0) is 6.54 Å². The molecule has 0 unspecified atom stereocenters. The van der Waals surface area contributed by atoms with E-state index in [1.807, 2.05) is 18.0 Å². The molecule has 0 amide bonds. The Kier molecular flexibility index (Phi) is 3.76. The third-order valence-electron chi connectivity index (χ3n) is 2.82. The lowest BCUT2D eigenvalue weighted by Crippen LogP contribution is -2.16. The first kappa shape index (κ1) is 13.0. The van der Waals surface area contributed by atoms with Gasteiger partial charge in [-0.25, -0.2) is 8.78 Å². The van der Waals surface area contributed by atoms with Crippen molar-refractivity contribution in [2.75, 3.05) is 11.9 Å². The molecule has 2 nitrogen and oxygen atoms in total. The zero-order valence-electron chi connectivity index (χ0n) is 10.4. The maximum absolute atomic E-state index is 13.1. The van der Waals surface area contributed by atoms with E-state index in [0.717, 1.165) is 11.8 Å². The van der Waals surface area contributed by atoms with Crippen LogP contribution in [0.3, 0.4) is 0 Å². The summed E-state index contributed by atoms with van der Waals surface area (Å²) < 4.78 is 25.9. The smallest absolute Gasteiger partial charge is 0.159 e. The van der Waals surface area contributed by atoms with E-state index in [1.165, 1.54) is 6.07 Å². The molecule has 0 aliphatic carbocycles. The molecule has 0 saturated heterocycles. The molecule has 2 rings (SSSR count). The number of benzene rings is 2. The standard InChI is InChI=1S/C15H12F2N2/c1-19(13-4-2-3-11(7-13)9-18)10-12-5-6-14(16)15(17)8-12/h2-8H,10H2,1H3. The predicted molar refractivity (Wildman–Crippen MR) is 69.6 cm³/mol. The molecular formula is C15H12F2N2. The van der Waals surface area contributed by atoms with E-state index in [9.17, 15) is 8.78 Å². The van der Waals surface area contributed by atoms with E-state index in [0.29, 0.717) is 17.7 Å². The molecule has 2 aromatic rings. The summed E-state index contributed by atoms with van der Waals surface area (Å²) in [4.78, 5) is 1.87. The molecule has 0 bridgehead atoms. The van der Waals surface area contributed by atoms with Crippen LogP contribution in [0.5, 0.6) is 0 Å². The van der Waals surface area contributed by atoms with E-state index in [-0.39, 0.29) is 0 Å². The van der Waals surface area contributed by atoms with Gasteiger partial charge in [0, 0.05) is 19.3 Å². The van der Waals surface area contributed by atoms with Gasteiger partial charge >= 0.3 is 0 Å². The van der Waals surface area contributed by atoms with Crippen LogP contribution in [0.4, 0.5) is 14.5 Å². The highest BCUT2D eigenvalue weighted by molar-refractivity contribution is 5.51. The monoisotopic (exact) mass is 258 g/mol. The lowest BCUT2D eigenvalue weighted by Gasteiger charge is -2.19. The van der Waals surface area contributed by atoms with Crippen LogP contribution in [0, 0.1) is 23.0 Å². The molecule has 0 radical (unpaired) electrons. The second-order valence-electron chi connectivity index (χ2n) is 4.27. The summed E-state index contributed by atoms with van der Waals surface area (Å²) >= 11 is 0. The van der Waals surface area contributed by atoms with Crippen LogP contribution in [0.15, 0.2) is 42.5 Å². The zero-order valence-corrected chi connectivity index (χ0v) is 10.4.